The van der Waals surface area contributed by atoms with Crippen LogP contribution in [0.2, 0.25) is 0 Å². The van der Waals surface area contributed by atoms with Crippen LogP contribution in [0.1, 0.15) is 34.3 Å². The Morgan fingerprint density at radius 3 is 2.81 bits per heavy atom. The zero-order valence-electron chi connectivity index (χ0n) is 17.5. The molecule has 0 radical (unpaired) electrons. The molecular weight excluding hydrogens is 430 g/mol. The first-order valence-electron chi connectivity index (χ1n) is 9.99. The van der Waals surface area contributed by atoms with Gasteiger partial charge in [-0.25, -0.2) is 4.98 Å². The van der Waals surface area contributed by atoms with E-state index in [4.69, 9.17) is 10.5 Å². The highest BCUT2D eigenvalue weighted by Gasteiger charge is 2.21. The molecule has 0 aliphatic heterocycles. The Morgan fingerprint density at radius 2 is 2.16 bits per heavy atom. The molecule has 0 fully saturated rings. The second kappa shape index (κ2) is 8.75. The number of aromatic nitrogens is 4. The van der Waals surface area contributed by atoms with Crippen LogP contribution in [0, 0.1) is 6.92 Å². The second-order valence-corrected chi connectivity index (χ2v) is 8.20. The first kappa shape index (κ1) is 21.4. The maximum atomic E-state index is 13.5. The Bertz CT molecular complexity index is 1420. The van der Waals surface area contributed by atoms with Crippen molar-refractivity contribution in [1.29, 1.82) is 0 Å². The fourth-order valence-corrected chi connectivity index (χ4v) is 4.42. The molecule has 164 valence electrons. The van der Waals surface area contributed by atoms with Gasteiger partial charge in [0.25, 0.3) is 11.5 Å². The van der Waals surface area contributed by atoms with Gasteiger partial charge in [-0.3, -0.25) is 23.9 Å². The van der Waals surface area contributed by atoms with E-state index in [9.17, 15) is 14.4 Å². The summed E-state index contributed by atoms with van der Waals surface area (Å²) in [6.07, 6.45) is 5.50. The monoisotopic (exact) mass is 451 g/mol. The zero-order chi connectivity index (χ0) is 22.8. The van der Waals surface area contributed by atoms with Gasteiger partial charge in [0.15, 0.2) is 5.75 Å². The number of primary amides is 1. The number of carbonyl (C=O) groups excluding carboxylic acids is 1. The summed E-state index contributed by atoms with van der Waals surface area (Å²) >= 11 is 1.09. The number of carbonyl (C=O) groups is 1. The highest BCUT2D eigenvalue weighted by molar-refractivity contribution is 7.20. The maximum Gasteiger partial charge on any atom is 0.263 e. The molecule has 3 N–H and O–H groups in total. The Balaban J connectivity index is 1.89. The van der Waals surface area contributed by atoms with E-state index in [-0.39, 0.29) is 23.3 Å². The van der Waals surface area contributed by atoms with E-state index < -0.39 is 5.91 Å². The number of hydrogen-bond acceptors (Lipinski definition) is 7. The van der Waals surface area contributed by atoms with Crippen LogP contribution in [0.3, 0.4) is 0 Å². The van der Waals surface area contributed by atoms with Crippen molar-refractivity contribution < 1.29 is 9.53 Å². The molecule has 0 atom stereocenters. The van der Waals surface area contributed by atoms with Crippen LogP contribution in [0.15, 0.2) is 46.4 Å². The highest BCUT2D eigenvalue weighted by Crippen LogP contribution is 2.29. The molecule has 0 saturated heterocycles. The number of H-pyrrole nitrogens is 1. The summed E-state index contributed by atoms with van der Waals surface area (Å²) in [5, 5.41) is 0.335. The number of aryl methyl sites for hydroxylation is 1. The lowest BCUT2D eigenvalue weighted by Gasteiger charge is -2.13. The van der Waals surface area contributed by atoms with Crippen molar-refractivity contribution in [2.45, 2.75) is 26.8 Å². The zero-order valence-corrected chi connectivity index (χ0v) is 18.4. The maximum absolute atomic E-state index is 13.5. The van der Waals surface area contributed by atoms with Crippen LogP contribution in [0.4, 0.5) is 0 Å². The molecular formula is C22H21N5O4S. The molecule has 32 heavy (non-hydrogen) atoms. The van der Waals surface area contributed by atoms with Gasteiger partial charge in [-0.15, -0.1) is 11.3 Å². The van der Waals surface area contributed by atoms with E-state index in [1.807, 2.05) is 6.92 Å². The molecule has 0 bridgehead atoms. The third kappa shape index (κ3) is 3.92. The molecule has 0 spiro atoms. The predicted molar refractivity (Wildman–Crippen MR) is 122 cm³/mol. The second-order valence-electron chi connectivity index (χ2n) is 7.20. The average molecular weight is 452 g/mol. The third-order valence-corrected chi connectivity index (χ3v) is 6.12. The third-order valence-electron chi connectivity index (χ3n) is 4.92. The minimum atomic E-state index is -0.605. The number of pyridine rings is 2. The molecule has 0 aliphatic carbocycles. The fraction of sp³-hybridized carbons (Fsp3) is 0.227. The van der Waals surface area contributed by atoms with Gasteiger partial charge >= 0.3 is 0 Å². The number of ether oxygens (including phenoxy) is 1. The molecule has 0 aromatic carbocycles. The van der Waals surface area contributed by atoms with E-state index in [1.165, 1.54) is 16.8 Å². The van der Waals surface area contributed by atoms with Crippen molar-refractivity contribution in [3.8, 4) is 17.1 Å². The van der Waals surface area contributed by atoms with Gasteiger partial charge in [-0.05, 0) is 31.0 Å². The molecule has 10 heteroatoms. The van der Waals surface area contributed by atoms with Crippen LogP contribution >= 0.6 is 11.3 Å². The number of nitrogens with one attached hydrogen (secondary N) is 1. The van der Waals surface area contributed by atoms with Crippen LogP contribution in [0.25, 0.3) is 21.6 Å². The van der Waals surface area contributed by atoms with Gasteiger partial charge in [0.2, 0.25) is 5.43 Å². The summed E-state index contributed by atoms with van der Waals surface area (Å²) in [6.45, 7) is 4.13. The normalized spacial score (nSPS) is 11.1. The van der Waals surface area contributed by atoms with Crippen LogP contribution in [0.5, 0.6) is 5.75 Å². The molecule has 4 aromatic rings. The highest BCUT2D eigenvalue weighted by atomic mass is 32.1. The SMILES string of the molecule is CCCOc1c[nH]c(Cn2c(-c3cccnc3)nc3sc(C(N)=O)c(C)c3c2=O)cc1=O. The molecule has 9 nitrogen and oxygen atoms in total. The van der Waals surface area contributed by atoms with Gasteiger partial charge in [0, 0.05) is 35.9 Å². The van der Waals surface area contributed by atoms with Crippen LogP contribution in [-0.2, 0) is 6.54 Å². The lowest BCUT2D eigenvalue weighted by Crippen LogP contribution is -2.25. The molecule has 4 heterocycles. The minimum Gasteiger partial charge on any atom is -0.488 e. The van der Waals surface area contributed by atoms with Crippen molar-refractivity contribution in [3.63, 3.8) is 0 Å². The number of aromatic amines is 1. The standard InChI is InChI=1S/C22H21N5O4S/c1-3-7-31-16-10-25-14(8-15(16)28)11-27-20(13-5-4-6-24-9-13)26-21-17(22(27)30)12(2)18(32-21)19(23)29/h4-6,8-10H,3,7,11H2,1-2H3,(H2,23,29)(H,25,28). The number of fused-ring (bicyclic) bond motifs is 1. The van der Waals surface area contributed by atoms with Crippen molar-refractivity contribution >= 4 is 27.5 Å². The van der Waals surface area contributed by atoms with Gasteiger partial charge in [0.1, 0.15) is 10.7 Å². The quantitative estimate of drug-likeness (QED) is 0.443. The van der Waals surface area contributed by atoms with E-state index in [0.717, 1.165) is 17.8 Å². The van der Waals surface area contributed by atoms with Crippen LogP contribution in [-0.4, -0.2) is 32.0 Å². The van der Waals surface area contributed by atoms with Gasteiger partial charge in [-0.2, -0.15) is 0 Å². The minimum absolute atomic E-state index is 0.0660. The van der Waals surface area contributed by atoms with E-state index in [1.54, 1.807) is 31.5 Å². The smallest absolute Gasteiger partial charge is 0.263 e. The topological polar surface area (TPSA) is 133 Å². The largest absolute Gasteiger partial charge is 0.488 e. The van der Waals surface area contributed by atoms with Gasteiger partial charge in [0.05, 0.1) is 23.4 Å². The summed E-state index contributed by atoms with van der Waals surface area (Å²) in [5.74, 6) is -0.00445. The number of thiophene rings is 1. The molecule has 0 unspecified atom stereocenters. The van der Waals surface area contributed by atoms with E-state index in [2.05, 4.69) is 15.0 Å². The van der Waals surface area contributed by atoms with Crippen molar-refractivity contribution in [3.05, 3.63) is 73.5 Å². The Hall–Kier alpha value is -3.79. The van der Waals surface area contributed by atoms with Crippen LogP contribution < -0.4 is 21.5 Å². The van der Waals surface area contributed by atoms with Crippen molar-refractivity contribution in [1.82, 2.24) is 19.5 Å². The molecule has 1 amide bonds. The lowest BCUT2D eigenvalue weighted by molar-refractivity contribution is 0.100. The Kier molecular flexibility index (Phi) is 5.87. The summed E-state index contributed by atoms with van der Waals surface area (Å²) in [7, 11) is 0. The lowest BCUT2D eigenvalue weighted by atomic mass is 10.2. The molecule has 0 aliphatic rings. The predicted octanol–water partition coefficient (Wildman–Crippen LogP) is 2.45. The van der Waals surface area contributed by atoms with E-state index in [0.29, 0.717) is 44.3 Å². The van der Waals surface area contributed by atoms with Crippen molar-refractivity contribution in [2.24, 2.45) is 5.73 Å². The first-order chi connectivity index (χ1) is 15.4. The van der Waals surface area contributed by atoms with Crippen molar-refractivity contribution in [2.75, 3.05) is 6.61 Å². The number of nitrogens with zero attached hydrogens (tertiary/aromatic N) is 3. The number of hydrogen-bond donors (Lipinski definition) is 2. The van der Waals surface area contributed by atoms with Gasteiger partial charge in [-0.1, -0.05) is 6.92 Å². The molecule has 0 saturated carbocycles. The molecule has 4 rings (SSSR count). The molecule has 4 aromatic heterocycles. The number of amides is 1. The number of rotatable bonds is 7. The average Bonchev–Trinajstić information content (AvgIpc) is 3.12. The number of nitrogens with two attached hydrogens (primary N) is 1. The summed E-state index contributed by atoms with van der Waals surface area (Å²) in [6, 6.07) is 4.94. The Morgan fingerprint density at radius 1 is 1.34 bits per heavy atom. The summed E-state index contributed by atoms with van der Waals surface area (Å²) in [5.41, 5.74) is 6.51. The Labute approximate surface area is 186 Å². The first-order valence-corrected chi connectivity index (χ1v) is 10.8. The van der Waals surface area contributed by atoms with E-state index >= 15 is 0 Å². The fourth-order valence-electron chi connectivity index (χ4n) is 3.40. The summed E-state index contributed by atoms with van der Waals surface area (Å²) in [4.78, 5) is 50.3. The summed E-state index contributed by atoms with van der Waals surface area (Å²) < 4.78 is 6.89. The van der Waals surface area contributed by atoms with Gasteiger partial charge < -0.3 is 15.5 Å².